The van der Waals surface area contributed by atoms with Crippen molar-refractivity contribution in [2.45, 2.75) is 9.79 Å². The number of aromatic nitrogens is 2. The van der Waals surface area contributed by atoms with Gasteiger partial charge in [0.1, 0.15) is 0 Å². The van der Waals surface area contributed by atoms with Crippen LogP contribution in [0, 0.1) is 0 Å². The summed E-state index contributed by atoms with van der Waals surface area (Å²) in [5.41, 5.74) is 1.81. The lowest BCUT2D eigenvalue weighted by Crippen LogP contribution is -2.12. The number of fused-ring (bicyclic) bond motifs is 4. The lowest BCUT2D eigenvalue weighted by atomic mass is 10.0. The molecule has 0 bridgehead atoms. The van der Waals surface area contributed by atoms with Gasteiger partial charge in [-0.1, -0.05) is 0 Å². The molecule has 1 aromatic heterocycles. The van der Waals surface area contributed by atoms with Gasteiger partial charge in [0.2, 0.25) is 10.0 Å². The fourth-order valence-corrected chi connectivity index (χ4v) is 4.83. The molecule has 0 saturated heterocycles. The number of primary sulfonamides is 1. The molecule has 1 heterocycles. The molecular formula is C19H11N3O7S2. The second-order valence-electron chi connectivity index (χ2n) is 6.99. The SMILES string of the molecule is NS(=O)(=O)c1cc2c3c(cc(S(=O)(=O)O)cc3c1)-c1nc3cc(C(=O)O)ccc3nc1-2. The van der Waals surface area contributed by atoms with E-state index in [0.717, 1.165) is 6.07 Å². The van der Waals surface area contributed by atoms with Crippen molar-refractivity contribution >= 4 is 47.9 Å². The maximum Gasteiger partial charge on any atom is 0.335 e. The number of carbonyl (C=O) groups is 1. The molecule has 0 radical (unpaired) electrons. The van der Waals surface area contributed by atoms with Crippen molar-refractivity contribution in [2.24, 2.45) is 5.14 Å². The quantitative estimate of drug-likeness (QED) is 0.342. The van der Waals surface area contributed by atoms with Gasteiger partial charge >= 0.3 is 5.97 Å². The van der Waals surface area contributed by atoms with Gasteiger partial charge in [0.05, 0.1) is 37.8 Å². The minimum absolute atomic E-state index is 0.00870. The Kier molecular flexibility index (Phi) is 3.80. The molecule has 0 amide bonds. The Balaban J connectivity index is 1.94. The molecule has 1 aliphatic rings. The Bertz CT molecular complexity index is 1710. The number of rotatable bonds is 3. The molecule has 4 N–H and O–H groups in total. The average molecular weight is 457 g/mol. The number of nitrogens with two attached hydrogens (primary N) is 1. The average Bonchev–Trinajstić information content (AvgIpc) is 2.98. The van der Waals surface area contributed by atoms with Crippen molar-refractivity contribution in [2.75, 3.05) is 0 Å². The summed E-state index contributed by atoms with van der Waals surface area (Å²) in [5, 5.41) is 15.2. The van der Waals surface area contributed by atoms with E-state index >= 15 is 0 Å². The Hall–Kier alpha value is -3.45. The summed E-state index contributed by atoms with van der Waals surface area (Å²) in [6.07, 6.45) is 0. The van der Waals surface area contributed by atoms with E-state index in [9.17, 15) is 31.3 Å². The van der Waals surface area contributed by atoms with Gasteiger partial charge in [-0.25, -0.2) is 28.3 Å². The van der Waals surface area contributed by atoms with Gasteiger partial charge in [0.25, 0.3) is 10.1 Å². The predicted molar refractivity (Wildman–Crippen MR) is 110 cm³/mol. The number of nitrogens with zero attached hydrogens (tertiary/aromatic N) is 2. The number of hydrogen-bond acceptors (Lipinski definition) is 7. The van der Waals surface area contributed by atoms with Crippen LogP contribution in [0.4, 0.5) is 0 Å². The molecule has 0 fully saturated rings. The van der Waals surface area contributed by atoms with Crippen molar-refractivity contribution in [3.63, 3.8) is 0 Å². The molecule has 5 rings (SSSR count). The highest BCUT2D eigenvalue weighted by molar-refractivity contribution is 7.89. The van der Waals surface area contributed by atoms with Gasteiger partial charge < -0.3 is 5.11 Å². The molecule has 31 heavy (non-hydrogen) atoms. The van der Waals surface area contributed by atoms with Crippen LogP contribution >= 0.6 is 0 Å². The van der Waals surface area contributed by atoms with Crippen molar-refractivity contribution in [1.82, 2.24) is 9.97 Å². The maximum atomic E-state index is 12.0. The Morgan fingerprint density at radius 3 is 2.00 bits per heavy atom. The first-order valence-electron chi connectivity index (χ1n) is 8.61. The summed E-state index contributed by atoms with van der Waals surface area (Å²) in [7, 11) is -8.76. The zero-order valence-corrected chi connectivity index (χ0v) is 16.9. The minimum Gasteiger partial charge on any atom is -0.478 e. The zero-order chi connectivity index (χ0) is 22.3. The van der Waals surface area contributed by atoms with Crippen LogP contribution < -0.4 is 5.14 Å². The Labute approximate surface area is 174 Å². The van der Waals surface area contributed by atoms with E-state index < -0.39 is 31.0 Å². The minimum atomic E-state index is -4.62. The van der Waals surface area contributed by atoms with E-state index in [2.05, 4.69) is 9.97 Å². The normalized spacial score (nSPS) is 13.0. The third-order valence-electron chi connectivity index (χ3n) is 5.04. The lowest BCUT2D eigenvalue weighted by molar-refractivity contribution is 0.0697. The largest absolute Gasteiger partial charge is 0.478 e. The monoisotopic (exact) mass is 457 g/mol. The molecule has 0 atom stereocenters. The standard InChI is InChI=1S/C19H11N3O7S2/c20-30(25,26)10-3-9-4-11(31(27,28)29)7-13-16(9)12(6-10)17-18(13)22-15-5-8(19(23)24)1-2-14(15)21-17/h1-7H,(H,23,24)(H2,20,25,26)(H,27,28,29). The van der Waals surface area contributed by atoms with Gasteiger partial charge in [0, 0.05) is 16.5 Å². The maximum absolute atomic E-state index is 12.0. The van der Waals surface area contributed by atoms with Gasteiger partial charge in [-0.3, -0.25) is 4.55 Å². The summed E-state index contributed by atoms with van der Waals surface area (Å²) in [5.74, 6) is -1.15. The fraction of sp³-hybridized carbons (Fsp3) is 0. The van der Waals surface area contributed by atoms with E-state index in [-0.39, 0.29) is 32.7 Å². The number of carboxylic acids is 1. The van der Waals surface area contributed by atoms with Crippen LogP contribution in [0.15, 0.2) is 52.3 Å². The highest BCUT2D eigenvalue weighted by atomic mass is 32.2. The van der Waals surface area contributed by atoms with Crippen LogP contribution in [-0.4, -0.2) is 42.4 Å². The molecule has 1 aliphatic carbocycles. The first kappa shape index (κ1) is 19.5. The summed E-state index contributed by atoms with van der Waals surface area (Å²) >= 11 is 0. The predicted octanol–water partition coefficient (Wildman–Crippen LogP) is 2.02. The smallest absolute Gasteiger partial charge is 0.335 e. The molecule has 3 aromatic carbocycles. The van der Waals surface area contributed by atoms with Gasteiger partial charge in [0.15, 0.2) is 0 Å². The summed E-state index contributed by atoms with van der Waals surface area (Å²) in [6, 6.07) is 9.05. The third-order valence-corrected chi connectivity index (χ3v) is 6.77. The molecule has 0 spiro atoms. The molecule has 0 saturated carbocycles. The van der Waals surface area contributed by atoms with Crippen LogP contribution in [0.1, 0.15) is 10.4 Å². The topological polar surface area (TPSA) is 178 Å². The first-order chi connectivity index (χ1) is 14.4. The molecule has 10 nitrogen and oxygen atoms in total. The number of hydrogen-bond donors (Lipinski definition) is 3. The van der Waals surface area contributed by atoms with Crippen LogP contribution in [0.25, 0.3) is 44.3 Å². The van der Waals surface area contributed by atoms with Gasteiger partial charge in [-0.2, -0.15) is 8.42 Å². The van der Waals surface area contributed by atoms with Crippen LogP contribution in [-0.2, 0) is 20.1 Å². The number of sulfonamides is 1. The lowest BCUT2D eigenvalue weighted by Gasteiger charge is -2.07. The van der Waals surface area contributed by atoms with Crippen molar-refractivity contribution < 1.29 is 31.3 Å². The van der Waals surface area contributed by atoms with E-state index in [1.165, 1.54) is 36.4 Å². The highest BCUT2D eigenvalue weighted by Gasteiger charge is 2.29. The number of aromatic carboxylic acids is 1. The zero-order valence-electron chi connectivity index (χ0n) is 15.3. The second kappa shape index (κ2) is 6.04. The number of benzene rings is 3. The molecule has 12 heteroatoms. The summed E-state index contributed by atoms with van der Waals surface area (Å²) < 4.78 is 57.1. The molecule has 0 aliphatic heterocycles. The molecule has 0 unspecified atom stereocenters. The van der Waals surface area contributed by atoms with E-state index in [1.54, 1.807) is 0 Å². The van der Waals surface area contributed by atoms with E-state index in [1.807, 2.05) is 0 Å². The van der Waals surface area contributed by atoms with Gasteiger partial charge in [-0.05, 0) is 47.9 Å². The summed E-state index contributed by atoms with van der Waals surface area (Å²) in [6.45, 7) is 0. The number of carboxylic acid groups (broad SMARTS) is 1. The van der Waals surface area contributed by atoms with Crippen molar-refractivity contribution in [3.05, 3.63) is 48.0 Å². The van der Waals surface area contributed by atoms with Gasteiger partial charge in [-0.15, -0.1) is 0 Å². The van der Waals surface area contributed by atoms with E-state index in [0.29, 0.717) is 22.0 Å². The second-order valence-corrected chi connectivity index (χ2v) is 9.97. The Morgan fingerprint density at radius 1 is 0.839 bits per heavy atom. The molecule has 156 valence electrons. The summed E-state index contributed by atoms with van der Waals surface area (Å²) in [4.78, 5) is 19.5. The van der Waals surface area contributed by atoms with E-state index in [4.69, 9.17) is 5.14 Å². The Morgan fingerprint density at radius 2 is 1.42 bits per heavy atom. The van der Waals surface area contributed by atoms with Crippen LogP contribution in [0.3, 0.4) is 0 Å². The van der Waals surface area contributed by atoms with Crippen LogP contribution in [0.2, 0.25) is 0 Å². The highest BCUT2D eigenvalue weighted by Crippen LogP contribution is 2.47. The third kappa shape index (κ3) is 2.96. The van der Waals surface area contributed by atoms with Crippen LogP contribution in [0.5, 0.6) is 0 Å². The fourth-order valence-electron chi connectivity index (χ4n) is 3.71. The molecular weight excluding hydrogens is 446 g/mol. The van der Waals surface area contributed by atoms with Crippen molar-refractivity contribution in [1.29, 1.82) is 0 Å². The molecule has 4 aromatic rings. The first-order valence-corrected chi connectivity index (χ1v) is 11.6. The van der Waals surface area contributed by atoms with Crippen molar-refractivity contribution in [3.8, 4) is 22.5 Å².